The third kappa shape index (κ3) is 4.22. The average Bonchev–Trinajstić information content (AvgIpc) is 3.14. The lowest BCUT2D eigenvalue weighted by Gasteiger charge is -2.09. The highest BCUT2D eigenvalue weighted by Crippen LogP contribution is 2.29. The van der Waals surface area contributed by atoms with Crippen molar-refractivity contribution in [1.29, 1.82) is 0 Å². The van der Waals surface area contributed by atoms with E-state index in [-0.39, 0.29) is 11.4 Å². The Kier molecular flexibility index (Phi) is 5.35. The van der Waals surface area contributed by atoms with Gasteiger partial charge in [0, 0.05) is 0 Å². The van der Waals surface area contributed by atoms with E-state index in [1.807, 2.05) is 6.07 Å². The molecule has 0 aromatic heterocycles. The second-order valence-electron chi connectivity index (χ2n) is 6.10. The number of nitro groups is 1. The van der Waals surface area contributed by atoms with Crippen molar-refractivity contribution in [2.75, 3.05) is 19.0 Å². The predicted molar refractivity (Wildman–Crippen MR) is 97.0 cm³/mol. The molecule has 140 valence electrons. The Labute approximate surface area is 155 Å². The zero-order chi connectivity index (χ0) is 19.4. The number of carbonyl (C=O) groups is 2. The van der Waals surface area contributed by atoms with Gasteiger partial charge in [0.1, 0.15) is 11.4 Å². The van der Waals surface area contributed by atoms with E-state index in [4.69, 9.17) is 9.47 Å². The van der Waals surface area contributed by atoms with Crippen molar-refractivity contribution in [3.05, 3.63) is 63.2 Å². The summed E-state index contributed by atoms with van der Waals surface area (Å²) in [6.45, 7) is -0.543. The number of amides is 1. The number of nitrogens with one attached hydrogen (secondary N) is 1. The van der Waals surface area contributed by atoms with Crippen molar-refractivity contribution in [3.8, 4) is 5.75 Å². The van der Waals surface area contributed by atoms with Crippen LogP contribution in [0.4, 0.5) is 11.4 Å². The summed E-state index contributed by atoms with van der Waals surface area (Å²) < 4.78 is 9.96. The van der Waals surface area contributed by atoms with E-state index in [1.54, 1.807) is 12.1 Å². The minimum atomic E-state index is -0.669. The van der Waals surface area contributed by atoms with E-state index in [0.29, 0.717) is 11.3 Å². The molecular formula is C19H18N2O6. The molecule has 0 aliphatic heterocycles. The maximum atomic E-state index is 12.1. The number of hydrogen-bond acceptors (Lipinski definition) is 6. The van der Waals surface area contributed by atoms with E-state index in [0.717, 1.165) is 24.8 Å². The van der Waals surface area contributed by atoms with Gasteiger partial charge in [0.25, 0.3) is 11.6 Å². The van der Waals surface area contributed by atoms with Crippen molar-refractivity contribution in [2.45, 2.75) is 19.3 Å². The number of esters is 1. The molecule has 0 saturated heterocycles. The summed E-state index contributed by atoms with van der Waals surface area (Å²) in [5.41, 5.74) is 2.43. The van der Waals surface area contributed by atoms with E-state index < -0.39 is 23.4 Å². The van der Waals surface area contributed by atoms with E-state index in [1.165, 1.54) is 30.9 Å². The molecule has 8 heteroatoms. The number of fused-ring (bicyclic) bond motifs is 1. The minimum Gasteiger partial charge on any atom is -0.496 e. The zero-order valence-electron chi connectivity index (χ0n) is 14.7. The lowest BCUT2D eigenvalue weighted by Crippen LogP contribution is -2.21. The lowest BCUT2D eigenvalue weighted by atomic mass is 10.1. The highest BCUT2D eigenvalue weighted by molar-refractivity contribution is 5.97. The van der Waals surface area contributed by atoms with Crippen LogP contribution in [0.15, 0.2) is 36.4 Å². The van der Waals surface area contributed by atoms with Gasteiger partial charge in [-0.2, -0.15) is 0 Å². The Balaban J connectivity index is 1.61. The van der Waals surface area contributed by atoms with Gasteiger partial charge in [-0.3, -0.25) is 14.9 Å². The molecule has 0 radical (unpaired) electrons. The zero-order valence-corrected chi connectivity index (χ0v) is 14.7. The summed E-state index contributed by atoms with van der Waals surface area (Å²) in [7, 11) is 1.38. The first-order valence-corrected chi connectivity index (χ1v) is 8.39. The lowest BCUT2D eigenvalue weighted by molar-refractivity contribution is -0.384. The molecule has 1 aliphatic rings. The largest absolute Gasteiger partial charge is 0.496 e. The molecular weight excluding hydrogens is 352 g/mol. The quantitative estimate of drug-likeness (QED) is 0.476. The summed E-state index contributed by atoms with van der Waals surface area (Å²) in [4.78, 5) is 34.7. The smallest absolute Gasteiger partial charge is 0.338 e. The minimum absolute atomic E-state index is 0.000574. The van der Waals surface area contributed by atoms with Gasteiger partial charge >= 0.3 is 5.97 Å². The topological polar surface area (TPSA) is 108 Å². The number of methoxy groups -OCH3 is 1. The maximum Gasteiger partial charge on any atom is 0.338 e. The Morgan fingerprint density at radius 1 is 1.15 bits per heavy atom. The van der Waals surface area contributed by atoms with Gasteiger partial charge in [0.15, 0.2) is 6.61 Å². The molecule has 0 saturated carbocycles. The van der Waals surface area contributed by atoms with Gasteiger partial charge in [-0.1, -0.05) is 6.07 Å². The van der Waals surface area contributed by atoms with Crippen LogP contribution in [0.3, 0.4) is 0 Å². The van der Waals surface area contributed by atoms with Gasteiger partial charge in [-0.25, -0.2) is 4.79 Å². The summed E-state index contributed by atoms with van der Waals surface area (Å²) in [6, 6.07) is 9.41. The number of hydrogen-bond donors (Lipinski definition) is 1. The van der Waals surface area contributed by atoms with Crippen LogP contribution in [0.25, 0.3) is 0 Å². The van der Waals surface area contributed by atoms with Gasteiger partial charge in [0.05, 0.1) is 23.7 Å². The molecule has 1 N–H and O–H groups in total. The molecule has 0 bridgehead atoms. The number of benzene rings is 2. The standard InChI is InChI=1S/C19H18N2O6/c1-26-15-7-8-16(17(10-15)21(24)25)20-18(22)11-27-19(23)14-6-5-12-3-2-4-13(12)9-14/h5-10H,2-4,11H2,1H3,(H,20,22). The number of nitro benzene ring substituents is 1. The van der Waals surface area contributed by atoms with Crippen LogP contribution in [-0.4, -0.2) is 30.5 Å². The Bertz CT molecular complexity index is 909. The second-order valence-corrected chi connectivity index (χ2v) is 6.10. The van der Waals surface area contributed by atoms with Crippen LogP contribution in [0.1, 0.15) is 27.9 Å². The molecule has 1 amide bonds. The first-order chi connectivity index (χ1) is 13.0. The molecule has 0 atom stereocenters. The first-order valence-electron chi connectivity index (χ1n) is 8.39. The van der Waals surface area contributed by atoms with Crippen molar-refractivity contribution in [1.82, 2.24) is 0 Å². The number of rotatable bonds is 6. The average molecular weight is 370 g/mol. The van der Waals surface area contributed by atoms with Gasteiger partial charge < -0.3 is 14.8 Å². The van der Waals surface area contributed by atoms with Crippen LogP contribution in [-0.2, 0) is 22.4 Å². The molecule has 0 heterocycles. The molecule has 8 nitrogen and oxygen atoms in total. The van der Waals surface area contributed by atoms with E-state index >= 15 is 0 Å². The second kappa shape index (κ2) is 7.86. The van der Waals surface area contributed by atoms with Gasteiger partial charge in [-0.15, -0.1) is 0 Å². The van der Waals surface area contributed by atoms with Crippen LogP contribution in [0, 0.1) is 10.1 Å². The summed E-state index contributed by atoms with van der Waals surface area (Å²) in [5, 5.41) is 13.5. The maximum absolute atomic E-state index is 12.1. The summed E-state index contributed by atoms with van der Waals surface area (Å²) in [6.07, 6.45) is 3.00. The molecule has 0 spiro atoms. The fraction of sp³-hybridized carbons (Fsp3) is 0.263. The highest BCUT2D eigenvalue weighted by Gasteiger charge is 2.19. The monoisotopic (exact) mass is 370 g/mol. The van der Waals surface area contributed by atoms with Gasteiger partial charge in [0.2, 0.25) is 0 Å². The summed E-state index contributed by atoms with van der Waals surface area (Å²) >= 11 is 0. The Hall–Kier alpha value is -3.42. The van der Waals surface area contributed by atoms with Crippen LogP contribution < -0.4 is 10.1 Å². The number of aryl methyl sites for hydroxylation is 2. The fourth-order valence-electron chi connectivity index (χ4n) is 2.99. The van der Waals surface area contributed by atoms with Crippen LogP contribution >= 0.6 is 0 Å². The van der Waals surface area contributed by atoms with Crippen LogP contribution in [0.2, 0.25) is 0 Å². The molecule has 3 rings (SSSR count). The first kappa shape index (κ1) is 18.4. The van der Waals surface area contributed by atoms with E-state index in [2.05, 4.69) is 5.32 Å². The molecule has 0 fully saturated rings. The highest BCUT2D eigenvalue weighted by atomic mass is 16.6. The van der Waals surface area contributed by atoms with Gasteiger partial charge in [-0.05, 0) is 54.7 Å². The molecule has 1 aliphatic carbocycles. The summed E-state index contributed by atoms with van der Waals surface area (Å²) in [5.74, 6) is -0.982. The SMILES string of the molecule is COc1ccc(NC(=O)COC(=O)c2ccc3c(c2)CCC3)c([N+](=O)[O-])c1. The number of anilines is 1. The van der Waals surface area contributed by atoms with Crippen molar-refractivity contribution in [2.24, 2.45) is 0 Å². The molecule has 0 unspecified atom stereocenters. The number of carbonyl (C=O) groups excluding carboxylic acids is 2. The number of ether oxygens (including phenoxy) is 2. The third-order valence-electron chi connectivity index (χ3n) is 4.34. The third-order valence-corrected chi connectivity index (χ3v) is 4.34. The Morgan fingerprint density at radius 3 is 2.67 bits per heavy atom. The number of nitrogens with zero attached hydrogens (tertiary/aromatic N) is 1. The van der Waals surface area contributed by atoms with Crippen molar-refractivity contribution < 1.29 is 24.0 Å². The molecule has 2 aromatic carbocycles. The predicted octanol–water partition coefficient (Wildman–Crippen LogP) is 2.89. The molecule has 27 heavy (non-hydrogen) atoms. The van der Waals surface area contributed by atoms with Crippen molar-refractivity contribution >= 4 is 23.3 Å². The fourth-order valence-corrected chi connectivity index (χ4v) is 2.99. The molecule has 2 aromatic rings. The Morgan fingerprint density at radius 2 is 1.93 bits per heavy atom. The van der Waals surface area contributed by atoms with Crippen LogP contribution in [0.5, 0.6) is 5.75 Å². The van der Waals surface area contributed by atoms with E-state index in [9.17, 15) is 19.7 Å². The normalized spacial score (nSPS) is 12.2. The van der Waals surface area contributed by atoms with Crippen molar-refractivity contribution in [3.63, 3.8) is 0 Å².